The third-order valence-electron chi connectivity index (χ3n) is 5.54. The van der Waals surface area contributed by atoms with Gasteiger partial charge in [0.25, 0.3) is 0 Å². The molecule has 0 radical (unpaired) electrons. The van der Waals surface area contributed by atoms with Crippen molar-refractivity contribution in [3.05, 3.63) is 41.5 Å². The highest BCUT2D eigenvalue weighted by Crippen LogP contribution is 2.22. The van der Waals surface area contributed by atoms with Crippen LogP contribution in [-0.2, 0) is 14.6 Å². The second-order valence-electron chi connectivity index (χ2n) is 8.01. The molecule has 2 heterocycles. The van der Waals surface area contributed by atoms with Gasteiger partial charge in [-0.1, -0.05) is 44.5 Å². The molecule has 6 heteroatoms. The number of nitrogens with one attached hydrogen (secondary N) is 1. The van der Waals surface area contributed by atoms with Gasteiger partial charge in [0.2, 0.25) is 5.91 Å². The molecule has 1 amide bonds. The summed E-state index contributed by atoms with van der Waals surface area (Å²) >= 11 is 0. The summed E-state index contributed by atoms with van der Waals surface area (Å²) in [5.41, 5.74) is 2.22. The Bertz CT molecular complexity index is 778. The maximum absolute atomic E-state index is 12.4. The van der Waals surface area contributed by atoms with Crippen LogP contribution in [0.1, 0.15) is 50.2 Å². The van der Waals surface area contributed by atoms with Crippen LogP contribution in [0.15, 0.2) is 30.3 Å². The van der Waals surface area contributed by atoms with Gasteiger partial charge in [0, 0.05) is 12.1 Å². The Morgan fingerprint density at radius 3 is 2.41 bits per heavy atom. The molecule has 0 spiro atoms. The van der Waals surface area contributed by atoms with Crippen molar-refractivity contribution in [1.29, 1.82) is 0 Å². The van der Waals surface area contributed by atoms with Crippen LogP contribution in [0.3, 0.4) is 0 Å². The van der Waals surface area contributed by atoms with Crippen molar-refractivity contribution >= 4 is 21.8 Å². The fourth-order valence-electron chi connectivity index (χ4n) is 3.97. The molecule has 3 rings (SSSR count). The summed E-state index contributed by atoms with van der Waals surface area (Å²) in [5, 5.41) is 2.94. The predicted molar refractivity (Wildman–Crippen MR) is 109 cm³/mol. The highest BCUT2D eigenvalue weighted by Gasteiger charge is 2.41. The standard InChI is InChI=1S/C21H30N2O3S/c1-16(2)18-9-6-17(7-10-18)8-11-21(24)22-19-14-27(25,26)15-20(19)23-12-4-3-5-13-23/h6-11,16,19-20H,3-5,12-15H2,1-2H3,(H,22,24)/b11-8+. The fraction of sp³-hybridized carbons (Fsp3) is 0.571. The van der Waals surface area contributed by atoms with Crippen molar-refractivity contribution in [3.63, 3.8) is 0 Å². The monoisotopic (exact) mass is 390 g/mol. The van der Waals surface area contributed by atoms with Gasteiger partial charge in [-0.2, -0.15) is 0 Å². The zero-order valence-corrected chi connectivity index (χ0v) is 17.0. The SMILES string of the molecule is CC(C)c1ccc(/C=C/C(=O)NC2CS(=O)(=O)CC2N2CCCCC2)cc1. The summed E-state index contributed by atoms with van der Waals surface area (Å²) in [7, 11) is -3.10. The molecule has 1 N–H and O–H groups in total. The summed E-state index contributed by atoms with van der Waals surface area (Å²) in [6.07, 6.45) is 6.68. The van der Waals surface area contributed by atoms with Crippen molar-refractivity contribution in [2.45, 2.75) is 51.1 Å². The summed E-state index contributed by atoms with van der Waals surface area (Å²) in [4.78, 5) is 14.6. The first-order chi connectivity index (χ1) is 12.8. The number of amides is 1. The van der Waals surface area contributed by atoms with Gasteiger partial charge in [-0.3, -0.25) is 9.69 Å². The predicted octanol–water partition coefficient (Wildman–Crippen LogP) is 2.59. The smallest absolute Gasteiger partial charge is 0.244 e. The first-order valence-electron chi connectivity index (χ1n) is 9.87. The highest BCUT2D eigenvalue weighted by atomic mass is 32.2. The minimum absolute atomic E-state index is 0.0385. The summed E-state index contributed by atoms with van der Waals surface area (Å²) in [5.74, 6) is 0.434. The Balaban J connectivity index is 1.62. The number of sulfone groups is 1. The number of carbonyl (C=O) groups excluding carboxylic acids is 1. The van der Waals surface area contributed by atoms with E-state index >= 15 is 0 Å². The molecule has 2 unspecified atom stereocenters. The Morgan fingerprint density at radius 2 is 1.78 bits per heavy atom. The molecule has 0 aromatic heterocycles. The first kappa shape index (κ1) is 20.1. The topological polar surface area (TPSA) is 66.5 Å². The normalized spacial score (nSPS) is 25.9. The lowest BCUT2D eigenvalue weighted by atomic mass is 10.0. The number of carbonyl (C=O) groups is 1. The van der Waals surface area contributed by atoms with Crippen molar-refractivity contribution < 1.29 is 13.2 Å². The van der Waals surface area contributed by atoms with E-state index in [1.54, 1.807) is 6.08 Å². The highest BCUT2D eigenvalue weighted by molar-refractivity contribution is 7.91. The minimum Gasteiger partial charge on any atom is -0.347 e. The average Bonchev–Trinajstić information content (AvgIpc) is 2.95. The number of piperidine rings is 1. The van der Waals surface area contributed by atoms with E-state index in [0.29, 0.717) is 5.92 Å². The van der Waals surface area contributed by atoms with Crippen LogP contribution >= 0.6 is 0 Å². The maximum Gasteiger partial charge on any atom is 0.244 e. The van der Waals surface area contributed by atoms with E-state index in [2.05, 4.69) is 36.2 Å². The number of hydrogen-bond acceptors (Lipinski definition) is 4. The van der Waals surface area contributed by atoms with Crippen molar-refractivity contribution in [2.24, 2.45) is 0 Å². The molecule has 0 aliphatic carbocycles. The molecule has 2 atom stereocenters. The molecule has 2 fully saturated rings. The molecule has 0 bridgehead atoms. The van der Waals surface area contributed by atoms with E-state index in [9.17, 15) is 13.2 Å². The summed E-state index contributed by atoms with van der Waals surface area (Å²) < 4.78 is 24.3. The van der Waals surface area contributed by atoms with E-state index in [-0.39, 0.29) is 29.5 Å². The molecule has 1 aromatic rings. The molecule has 148 valence electrons. The van der Waals surface area contributed by atoms with Gasteiger partial charge in [0.1, 0.15) is 0 Å². The first-order valence-corrected chi connectivity index (χ1v) is 11.7. The van der Waals surface area contributed by atoms with Crippen molar-refractivity contribution in [2.75, 3.05) is 24.6 Å². The fourth-order valence-corrected chi connectivity index (χ4v) is 5.92. The molecule has 27 heavy (non-hydrogen) atoms. The van der Waals surface area contributed by atoms with E-state index in [4.69, 9.17) is 0 Å². The maximum atomic E-state index is 12.4. The lowest BCUT2D eigenvalue weighted by Gasteiger charge is -2.34. The van der Waals surface area contributed by atoms with E-state index in [1.165, 1.54) is 18.1 Å². The Morgan fingerprint density at radius 1 is 1.11 bits per heavy atom. The third-order valence-corrected chi connectivity index (χ3v) is 7.26. The molecule has 0 saturated carbocycles. The van der Waals surface area contributed by atoms with Gasteiger partial charge in [0.15, 0.2) is 9.84 Å². The van der Waals surface area contributed by atoms with Gasteiger partial charge in [0.05, 0.1) is 17.5 Å². The minimum atomic E-state index is -3.10. The summed E-state index contributed by atoms with van der Waals surface area (Å²) in [6, 6.07) is 7.70. The van der Waals surface area contributed by atoms with Gasteiger partial charge in [-0.25, -0.2) is 8.42 Å². The van der Waals surface area contributed by atoms with Crippen LogP contribution in [0.25, 0.3) is 6.08 Å². The number of likely N-dealkylation sites (tertiary alicyclic amines) is 1. The molecule has 5 nitrogen and oxygen atoms in total. The van der Waals surface area contributed by atoms with E-state index in [0.717, 1.165) is 31.5 Å². The molecular weight excluding hydrogens is 360 g/mol. The lowest BCUT2D eigenvalue weighted by molar-refractivity contribution is -0.117. The molecule has 2 aliphatic heterocycles. The largest absolute Gasteiger partial charge is 0.347 e. The number of benzene rings is 1. The average molecular weight is 391 g/mol. The number of rotatable bonds is 5. The van der Waals surface area contributed by atoms with E-state index < -0.39 is 9.84 Å². The zero-order chi connectivity index (χ0) is 19.4. The summed E-state index contributed by atoms with van der Waals surface area (Å²) in [6.45, 7) is 6.13. The number of nitrogens with zero attached hydrogens (tertiary/aromatic N) is 1. The quantitative estimate of drug-likeness (QED) is 0.785. The van der Waals surface area contributed by atoms with Crippen LogP contribution in [0.5, 0.6) is 0 Å². The Labute approximate surface area is 162 Å². The van der Waals surface area contributed by atoms with E-state index in [1.807, 2.05) is 12.1 Å². The second kappa shape index (κ2) is 8.57. The van der Waals surface area contributed by atoms with Crippen LogP contribution < -0.4 is 5.32 Å². The zero-order valence-electron chi connectivity index (χ0n) is 16.2. The number of hydrogen-bond donors (Lipinski definition) is 1. The van der Waals surface area contributed by atoms with Gasteiger partial charge < -0.3 is 5.32 Å². The van der Waals surface area contributed by atoms with Crippen LogP contribution in [0, 0.1) is 0 Å². The van der Waals surface area contributed by atoms with Crippen molar-refractivity contribution in [1.82, 2.24) is 10.2 Å². The van der Waals surface area contributed by atoms with Gasteiger partial charge >= 0.3 is 0 Å². The van der Waals surface area contributed by atoms with Crippen molar-refractivity contribution in [3.8, 4) is 0 Å². The van der Waals surface area contributed by atoms with Crippen LogP contribution in [0.2, 0.25) is 0 Å². The Hall–Kier alpha value is -1.66. The molecule has 2 aliphatic rings. The Kier molecular flexibility index (Phi) is 6.37. The van der Waals surface area contributed by atoms with Crippen LogP contribution in [-0.4, -0.2) is 55.9 Å². The molecule has 2 saturated heterocycles. The third kappa shape index (κ3) is 5.42. The molecule has 1 aromatic carbocycles. The second-order valence-corrected chi connectivity index (χ2v) is 10.2. The lowest BCUT2D eigenvalue weighted by Crippen LogP contribution is -2.52. The van der Waals surface area contributed by atoms with Crippen LogP contribution in [0.4, 0.5) is 0 Å². The van der Waals surface area contributed by atoms with Gasteiger partial charge in [-0.15, -0.1) is 0 Å². The van der Waals surface area contributed by atoms with Gasteiger partial charge in [-0.05, 0) is 49.1 Å². The molecular formula is C21H30N2O3S.